The second-order valence-corrected chi connectivity index (χ2v) is 8.26. The summed E-state index contributed by atoms with van der Waals surface area (Å²) in [6.07, 6.45) is 0.719. The van der Waals surface area contributed by atoms with Crippen LogP contribution in [0.4, 0.5) is 5.69 Å². The van der Waals surface area contributed by atoms with E-state index >= 15 is 0 Å². The minimum Gasteiger partial charge on any atom is -0.494 e. The van der Waals surface area contributed by atoms with Gasteiger partial charge in [-0.3, -0.25) is 9.52 Å². The maximum absolute atomic E-state index is 12.6. The molecule has 0 radical (unpaired) electrons. The van der Waals surface area contributed by atoms with Crippen molar-refractivity contribution in [2.45, 2.75) is 18.2 Å². The van der Waals surface area contributed by atoms with E-state index in [0.29, 0.717) is 30.2 Å². The predicted octanol–water partition coefficient (Wildman–Crippen LogP) is 3.86. The number of benzene rings is 3. The molecule has 3 aromatic rings. The van der Waals surface area contributed by atoms with Crippen molar-refractivity contribution in [3.63, 3.8) is 0 Å². The summed E-state index contributed by atoms with van der Waals surface area (Å²) in [7, 11) is -3.78. The van der Waals surface area contributed by atoms with E-state index in [1.807, 2.05) is 37.3 Å². The van der Waals surface area contributed by atoms with Crippen LogP contribution in [0, 0.1) is 0 Å². The largest absolute Gasteiger partial charge is 0.494 e. The molecule has 0 atom stereocenters. The average Bonchev–Trinajstić information content (AvgIpc) is 2.75. The van der Waals surface area contributed by atoms with Gasteiger partial charge in [0.25, 0.3) is 15.9 Å². The molecule has 0 aliphatic carbocycles. The summed E-state index contributed by atoms with van der Waals surface area (Å²) in [4.78, 5) is 12.5. The molecular formula is C23H24N2O4S. The molecule has 1 amide bonds. The molecular weight excluding hydrogens is 400 g/mol. The smallest absolute Gasteiger partial charge is 0.261 e. The van der Waals surface area contributed by atoms with E-state index in [1.165, 1.54) is 18.2 Å². The van der Waals surface area contributed by atoms with Crippen LogP contribution in [0.5, 0.6) is 5.75 Å². The first-order valence-electron chi connectivity index (χ1n) is 9.66. The van der Waals surface area contributed by atoms with Gasteiger partial charge in [-0.25, -0.2) is 8.42 Å². The molecule has 0 heterocycles. The Morgan fingerprint density at radius 1 is 0.933 bits per heavy atom. The summed E-state index contributed by atoms with van der Waals surface area (Å²) >= 11 is 0. The van der Waals surface area contributed by atoms with Crippen LogP contribution in [-0.4, -0.2) is 27.5 Å². The van der Waals surface area contributed by atoms with Crippen molar-refractivity contribution in [2.24, 2.45) is 0 Å². The van der Waals surface area contributed by atoms with Gasteiger partial charge in [-0.2, -0.15) is 0 Å². The zero-order valence-corrected chi connectivity index (χ0v) is 17.5. The molecule has 6 nitrogen and oxygen atoms in total. The highest BCUT2D eigenvalue weighted by atomic mass is 32.2. The van der Waals surface area contributed by atoms with Crippen LogP contribution >= 0.6 is 0 Å². The number of ether oxygens (including phenoxy) is 1. The Balaban J connectivity index is 1.63. The van der Waals surface area contributed by atoms with Crippen LogP contribution in [0.25, 0.3) is 0 Å². The molecule has 0 saturated carbocycles. The maximum atomic E-state index is 12.6. The van der Waals surface area contributed by atoms with E-state index < -0.39 is 10.0 Å². The van der Waals surface area contributed by atoms with E-state index in [9.17, 15) is 13.2 Å². The molecule has 0 unspecified atom stereocenters. The monoisotopic (exact) mass is 424 g/mol. The molecule has 0 aromatic heterocycles. The minimum atomic E-state index is -3.78. The van der Waals surface area contributed by atoms with E-state index in [4.69, 9.17) is 4.74 Å². The highest BCUT2D eigenvalue weighted by Gasteiger charge is 2.15. The molecule has 2 N–H and O–H groups in total. The first kappa shape index (κ1) is 21.4. The highest BCUT2D eigenvalue weighted by Crippen LogP contribution is 2.20. The lowest BCUT2D eigenvalue weighted by molar-refractivity contribution is 0.0954. The van der Waals surface area contributed by atoms with E-state index in [2.05, 4.69) is 10.0 Å². The molecule has 0 aliphatic rings. The van der Waals surface area contributed by atoms with Gasteiger partial charge in [0.1, 0.15) is 5.75 Å². The summed E-state index contributed by atoms with van der Waals surface area (Å²) in [5.74, 6) is 0.346. The first-order chi connectivity index (χ1) is 14.5. The number of amides is 1. The summed E-state index contributed by atoms with van der Waals surface area (Å²) < 4.78 is 33.1. The first-order valence-corrected chi connectivity index (χ1v) is 11.1. The van der Waals surface area contributed by atoms with E-state index in [1.54, 1.807) is 30.3 Å². The topological polar surface area (TPSA) is 84.5 Å². The Bertz CT molecular complexity index is 1080. The number of carbonyl (C=O) groups is 1. The number of carbonyl (C=O) groups excluding carboxylic acids is 1. The Morgan fingerprint density at radius 3 is 2.37 bits per heavy atom. The van der Waals surface area contributed by atoms with Gasteiger partial charge in [0.05, 0.1) is 11.5 Å². The molecule has 7 heteroatoms. The molecule has 0 aliphatic heterocycles. The number of hydrogen-bond donors (Lipinski definition) is 2. The predicted molar refractivity (Wildman–Crippen MR) is 117 cm³/mol. The molecule has 3 rings (SSSR count). The third-order valence-electron chi connectivity index (χ3n) is 4.36. The fraction of sp³-hybridized carbons (Fsp3) is 0.174. The van der Waals surface area contributed by atoms with Gasteiger partial charge >= 0.3 is 0 Å². The van der Waals surface area contributed by atoms with Gasteiger partial charge in [0.15, 0.2) is 0 Å². The number of nitrogens with one attached hydrogen (secondary N) is 2. The lowest BCUT2D eigenvalue weighted by Gasteiger charge is -2.11. The second kappa shape index (κ2) is 9.93. The van der Waals surface area contributed by atoms with Crippen molar-refractivity contribution >= 4 is 21.6 Å². The third kappa shape index (κ3) is 5.84. The zero-order chi connectivity index (χ0) is 21.4. The van der Waals surface area contributed by atoms with Crippen LogP contribution in [0.2, 0.25) is 0 Å². The number of hydrogen-bond acceptors (Lipinski definition) is 4. The molecule has 0 bridgehead atoms. The molecule has 30 heavy (non-hydrogen) atoms. The SMILES string of the molecule is CCOc1ccc(S(=O)(=O)Nc2cccc(C(=O)NCCc3ccccc3)c2)cc1. The lowest BCUT2D eigenvalue weighted by Crippen LogP contribution is -2.25. The van der Waals surface area contributed by atoms with Crippen LogP contribution in [0.1, 0.15) is 22.8 Å². The lowest BCUT2D eigenvalue weighted by atomic mass is 10.1. The van der Waals surface area contributed by atoms with Crippen LogP contribution in [0.3, 0.4) is 0 Å². The third-order valence-corrected chi connectivity index (χ3v) is 5.76. The quantitative estimate of drug-likeness (QED) is 0.546. The van der Waals surface area contributed by atoms with Gasteiger partial charge < -0.3 is 10.1 Å². The molecule has 0 saturated heterocycles. The van der Waals surface area contributed by atoms with Crippen molar-refractivity contribution in [1.29, 1.82) is 0 Å². The van der Waals surface area contributed by atoms with Crippen molar-refractivity contribution in [2.75, 3.05) is 17.9 Å². The summed E-state index contributed by atoms with van der Waals surface area (Å²) in [6.45, 7) is 2.85. The normalized spacial score (nSPS) is 11.0. The van der Waals surface area contributed by atoms with Gasteiger partial charge in [0.2, 0.25) is 0 Å². The Morgan fingerprint density at radius 2 is 1.67 bits per heavy atom. The van der Waals surface area contributed by atoms with Crippen LogP contribution in [-0.2, 0) is 16.4 Å². The van der Waals surface area contributed by atoms with Gasteiger partial charge in [-0.05, 0) is 61.4 Å². The highest BCUT2D eigenvalue weighted by molar-refractivity contribution is 7.92. The van der Waals surface area contributed by atoms with E-state index in [-0.39, 0.29) is 10.8 Å². The van der Waals surface area contributed by atoms with Gasteiger partial charge in [0, 0.05) is 17.8 Å². The van der Waals surface area contributed by atoms with Gasteiger partial charge in [-0.15, -0.1) is 0 Å². The summed E-state index contributed by atoms with van der Waals surface area (Å²) in [6, 6.07) is 22.4. The van der Waals surface area contributed by atoms with Crippen LogP contribution in [0.15, 0.2) is 83.8 Å². The minimum absolute atomic E-state index is 0.115. The van der Waals surface area contributed by atoms with Crippen LogP contribution < -0.4 is 14.8 Å². The Labute approximate surface area is 177 Å². The average molecular weight is 425 g/mol. The number of sulfonamides is 1. The number of anilines is 1. The van der Waals surface area contributed by atoms with Crippen molar-refractivity contribution < 1.29 is 17.9 Å². The summed E-state index contributed by atoms with van der Waals surface area (Å²) in [5.41, 5.74) is 1.84. The van der Waals surface area contributed by atoms with Crippen molar-refractivity contribution in [3.05, 3.63) is 90.0 Å². The molecule has 3 aromatic carbocycles. The fourth-order valence-electron chi connectivity index (χ4n) is 2.89. The van der Waals surface area contributed by atoms with Gasteiger partial charge in [-0.1, -0.05) is 36.4 Å². The summed E-state index contributed by atoms with van der Waals surface area (Å²) in [5, 5.41) is 2.86. The molecule has 156 valence electrons. The standard InChI is InChI=1S/C23H24N2O4S/c1-2-29-21-11-13-22(14-12-21)30(27,28)25-20-10-6-9-19(17-20)23(26)24-16-15-18-7-4-3-5-8-18/h3-14,17,25H,2,15-16H2,1H3,(H,24,26). The fourth-order valence-corrected chi connectivity index (χ4v) is 3.94. The Hall–Kier alpha value is -3.32. The maximum Gasteiger partial charge on any atom is 0.261 e. The number of rotatable bonds is 9. The zero-order valence-electron chi connectivity index (χ0n) is 16.7. The molecule has 0 spiro atoms. The second-order valence-electron chi connectivity index (χ2n) is 6.58. The molecule has 0 fully saturated rings. The van der Waals surface area contributed by atoms with E-state index in [0.717, 1.165) is 12.0 Å². The van der Waals surface area contributed by atoms with Crippen molar-refractivity contribution in [1.82, 2.24) is 5.32 Å². The Kier molecular flexibility index (Phi) is 7.08. The van der Waals surface area contributed by atoms with Crippen molar-refractivity contribution in [3.8, 4) is 5.75 Å².